The number of carbonyl (C=O) groups excluding carboxylic acids is 1. The average Bonchev–Trinajstić information content (AvgIpc) is 3.32. The van der Waals surface area contributed by atoms with Crippen LogP contribution in [0.2, 0.25) is 5.02 Å². The predicted molar refractivity (Wildman–Crippen MR) is 111 cm³/mol. The van der Waals surface area contributed by atoms with Crippen LogP contribution in [0.25, 0.3) is 0 Å². The molecule has 11 heteroatoms. The maximum atomic E-state index is 14.4. The molecule has 2 heterocycles. The van der Waals surface area contributed by atoms with E-state index in [4.69, 9.17) is 20.9 Å². The van der Waals surface area contributed by atoms with Crippen LogP contribution in [0.3, 0.4) is 0 Å². The number of hydrogen-bond acceptors (Lipinski definition) is 6. The van der Waals surface area contributed by atoms with Crippen molar-refractivity contribution in [2.24, 2.45) is 0 Å². The van der Waals surface area contributed by atoms with Gasteiger partial charge in [-0.15, -0.1) is 0 Å². The van der Waals surface area contributed by atoms with E-state index >= 15 is 0 Å². The molecule has 0 bridgehead atoms. The molecule has 0 unspecified atom stereocenters. The molecule has 0 spiro atoms. The van der Waals surface area contributed by atoms with Gasteiger partial charge in [0.05, 0.1) is 28.8 Å². The van der Waals surface area contributed by atoms with Gasteiger partial charge in [-0.2, -0.15) is 0 Å². The lowest BCUT2D eigenvalue weighted by atomic mass is 10.1. The lowest BCUT2D eigenvalue weighted by Gasteiger charge is -2.33. The topological polar surface area (TPSA) is 81.9 Å². The van der Waals surface area contributed by atoms with Gasteiger partial charge in [0.15, 0.2) is 17.3 Å². The molecular weight excluding hydrogens is 466 g/mol. The van der Waals surface area contributed by atoms with Crippen LogP contribution in [-0.4, -0.2) is 45.1 Å². The summed E-state index contributed by atoms with van der Waals surface area (Å²) < 4.78 is 51.0. The summed E-state index contributed by atoms with van der Waals surface area (Å²) in [6.45, 7) is -0.128. The molecule has 0 N–H and O–H groups in total. The van der Waals surface area contributed by atoms with Crippen molar-refractivity contribution in [1.82, 2.24) is 10.1 Å². The summed E-state index contributed by atoms with van der Waals surface area (Å²) in [6.07, 6.45) is 1.37. The van der Waals surface area contributed by atoms with Gasteiger partial charge in [0, 0.05) is 32.6 Å². The third-order valence-corrected chi connectivity index (χ3v) is 6.78. The van der Waals surface area contributed by atoms with Gasteiger partial charge in [-0.3, -0.25) is 13.9 Å². The Labute approximate surface area is 189 Å². The summed E-state index contributed by atoms with van der Waals surface area (Å²) in [5.41, 5.74) is 0.153. The van der Waals surface area contributed by atoms with E-state index in [-0.39, 0.29) is 48.1 Å². The summed E-state index contributed by atoms with van der Waals surface area (Å²) in [5.74, 6) is -1.56. The van der Waals surface area contributed by atoms with E-state index in [1.807, 2.05) is 0 Å². The molecule has 7 nitrogen and oxygen atoms in total. The van der Waals surface area contributed by atoms with Crippen LogP contribution in [0.5, 0.6) is 11.5 Å². The van der Waals surface area contributed by atoms with Crippen LogP contribution in [0.4, 0.5) is 8.92 Å². The molecule has 1 aromatic heterocycles. The van der Waals surface area contributed by atoms with E-state index in [9.17, 15) is 17.9 Å². The van der Waals surface area contributed by atoms with E-state index in [1.165, 1.54) is 17.2 Å². The number of halogens is 3. The van der Waals surface area contributed by atoms with Crippen molar-refractivity contribution in [3.8, 4) is 11.5 Å². The van der Waals surface area contributed by atoms with Crippen molar-refractivity contribution in [3.05, 3.63) is 70.8 Å². The van der Waals surface area contributed by atoms with Crippen LogP contribution in [0.1, 0.15) is 16.1 Å². The van der Waals surface area contributed by atoms with Crippen molar-refractivity contribution in [3.63, 3.8) is 0 Å². The fraction of sp³-hybridized carbons (Fsp3) is 0.238. The summed E-state index contributed by atoms with van der Waals surface area (Å²) >= 11 is 5.90. The third kappa shape index (κ3) is 4.61. The molecule has 0 aliphatic carbocycles. The molecule has 2 aromatic carbocycles. The van der Waals surface area contributed by atoms with Gasteiger partial charge in [0.25, 0.3) is 5.91 Å². The van der Waals surface area contributed by atoms with E-state index in [0.29, 0.717) is 9.92 Å². The van der Waals surface area contributed by atoms with E-state index in [2.05, 4.69) is 10.1 Å². The number of fused-ring (bicyclic) bond motifs is 1. The number of nitrogens with zero attached hydrogens (tertiary/aromatic N) is 2. The van der Waals surface area contributed by atoms with Gasteiger partial charge in [0.1, 0.15) is 6.61 Å². The lowest BCUT2D eigenvalue weighted by Crippen LogP contribution is -2.48. The Morgan fingerprint density at radius 1 is 1.25 bits per heavy atom. The highest BCUT2D eigenvalue weighted by molar-refractivity contribution is 7.85. The van der Waals surface area contributed by atoms with Crippen molar-refractivity contribution < 1.29 is 32.1 Å². The fourth-order valence-corrected chi connectivity index (χ4v) is 4.84. The lowest BCUT2D eigenvalue weighted by molar-refractivity contribution is -0.00834. The highest BCUT2D eigenvalue weighted by Gasteiger charge is 2.33. The Morgan fingerprint density at radius 2 is 2.03 bits per heavy atom. The molecule has 4 rings (SSSR count). The number of aromatic nitrogens is 1. The molecule has 32 heavy (non-hydrogen) atoms. The van der Waals surface area contributed by atoms with Crippen LogP contribution in [0, 0.1) is 5.82 Å². The van der Waals surface area contributed by atoms with Crippen molar-refractivity contribution in [1.29, 1.82) is 0 Å². The Morgan fingerprint density at radius 3 is 2.72 bits per heavy atom. The van der Waals surface area contributed by atoms with E-state index in [0.717, 1.165) is 12.1 Å². The summed E-state index contributed by atoms with van der Waals surface area (Å²) in [6, 6.07) is 9.37. The highest BCUT2D eigenvalue weighted by atomic mass is 35.5. The highest BCUT2D eigenvalue weighted by Crippen LogP contribution is 2.34. The molecule has 0 fully saturated rings. The van der Waals surface area contributed by atoms with Crippen LogP contribution >= 0.6 is 11.6 Å². The van der Waals surface area contributed by atoms with Gasteiger partial charge < -0.3 is 14.2 Å². The van der Waals surface area contributed by atoms with E-state index in [1.54, 1.807) is 24.3 Å². The number of benzene rings is 2. The zero-order valence-electron chi connectivity index (χ0n) is 16.5. The molecular formula is C21H17ClF2N2O5S. The monoisotopic (exact) mass is 482 g/mol. The van der Waals surface area contributed by atoms with Gasteiger partial charge in [-0.05, 0) is 42.8 Å². The van der Waals surface area contributed by atoms with Crippen LogP contribution in [-0.2, 0) is 17.2 Å². The second-order valence-corrected chi connectivity index (χ2v) is 8.92. The number of carbonyl (C=O) groups is 1. The summed E-state index contributed by atoms with van der Waals surface area (Å²) in [5, 5.41) is 4.05. The first-order valence-corrected chi connectivity index (χ1v) is 11.3. The standard InChI is InChI=1S/C21H17ClF2N2O5S/c22-13-1-3-15(4-2-13)32(28)12-14-11-29-20-16(18(30-24)6-5-17(20)23)8-10-26(14)21(27)19-7-9-25-31-19/h1-7,9,14H,8,10-12H2/t14-,32-/m0/s1. The molecule has 0 saturated heterocycles. The predicted octanol–water partition coefficient (Wildman–Crippen LogP) is 3.98. The number of rotatable bonds is 5. The molecule has 1 amide bonds. The fourth-order valence-electron chi connectivity index (χ4n) is 3.46. The van der Waals surface area contributed by atoms with Crippen molar-refractivity contribution in [2.75, 3.05) is 18.9 Å². The smallest absolute Gasteiger partial charge is 0.292 e. The first-order valence-electron chi connectivity index (χ1n) is 9.56. The van der Waals surface area contributed by atoms with Gasteiger partial charge in [0.2, 0.25) is 5.76 Å². The second-order valence-electron chi connectivity index (χ2n) is 6.99. The quantitative estimate of drug-likeness (QED) is 0.547. The molecule has 2 atom stereocenters. The number of hydrogen-bond donors (Lipinski definition) is 0. The Bertz CT molecular complexity index is 1130. The summed E-state index contributed by atoms with van der Waals surface area (Å²) in [7, 11) is -1.51. The molecule has 1 aliphatic rings. The molecule has 1 aliphatic heterocycles. The molecule has 0 radical (unpaired) electrons. The van der Waals surface area contributed by atoms with Gasteiger partial charge in [-0.1, -0.05) is 16.8 Å². The van der Waals surface area contributed by atoms with Gasteiger partial charge in [-0.25, -0.2) is 4.39 Å². The maximum absolute atomic E-state index is 14.4. The Kier molecular flexibility index (Phi) is 6.71. The Hall–Kier alpha value is -2.98. The Balaban J connectivity index is 1.66. The zero-order chi connectivity index (χ0) is 22.7. The average molecular weight is 483 g/mol. The SMILES string of the molecule is O=C(c1ccno1)N1CCc2c(OF)ccc(F)c2OC[C@H]1C[S@](=O)c1ccc(Cl)cc1. The van der Waals surface area contributed by atoms with Crippen LogP contribution in [0.15, 0.2) is 58.1 Å². The third-order valence-electron chi connectivity index (χ3n) is 5.05. The second kappa shape index (κ2) is 9.66. The largest absolute Gasteiger partial charge is 0.488 e. The minimum atomic E-state index is -1.51. The normalized spacial score (nSPS) is 17.0. The van der Waals surface area contributed by atoms with Crippen molar-refractivity contribution in [2.45, 2.75) is 17.4 Å². The first-order chi connectivity index (χ1) is 15.5. The molecule has 0 saturated carbocycles. The van der Waals surface area contributed by atoms with E-state index < -0.39 is 28.6 Å². The first kappa shape index (κ1) is 22.2. The van der Waals surface area contributed by atoms with Crippen LogP contribution < -0.4 is 9.68 Å². The number of amides is 1. The van der Waals surface area contributed by atoms with Crippen molar-refractivity contribution >= 4 is 28.3 Å². The molecule has 3 aromatic rings. The van der Waals surface area contributed by atoms with Gasteiger partial charge >= 0.3 is 0 Å². The summed E-state index contributed by atoms with van der Waals surface area (Å²) in [4.78, 5) is 18.8. The molecule has 168 valence electrons. The minimum absolute atomic E-state index is 0.0117. The minimum Gasteiger partial charge on any atom is -0.488 e. The number of ether oxygens (including phenoxy) is 1. The zero-order valence-corrected chi connectivity index (χ0v) is 18.1. The maximum Gasteiger partial charge on any atom is 0.292 e.